The summed E-state index contributed by atoms with van der Waals surface area (Å²) in [6.07, 6.45) is 7.43. The van der Waals surface area contributed by atoms with Crippen LogP contribution >= 0.6 is 0 Å². The van der Waals surface area contributed by atoms with Crippen LogP contribution in [0.1, 0.15) is 58.3 Å². The Hall–Kier alpha value is -1.76. The fourth-order valence-corrected chi connectivity index (χ4v) is 3.81. The topological polar surface area (TPSA) is 100 Å². The van der Waals surface area contributed by atoms with Crippen LogP contribution in [0.15, 0.2) is 9.98 Å². The van der Waals surface area contributed by atoms with Gasteiger partial charge in [0.15, 0.2) is 11.4 Å². The van der Waals surface area contributed by atoms with E-state index in [9.17, 15) is 9.59 Å². The number of amidine groups is 1. The van der Waals surface area contributed by atoms with Crippen molar-refractivity contribution in [3.63, 3.8) is 0 Å². The molecule has 1 saturated heterocycles. The fraction of sp³-hybridized carbons (Fsp3) is 0.765. The second-order valence-corrected chi connectivity index (χ2v) is 6.90. The highest BCUT2D eigenvalue weighted by atomic mass is 16.2. The molecule has 24 heavy (non-hydrogen) atoms. The Balaban J connectivity index is 1.90. The molecule has 2 aliphatic heterocycles. The molecule has 0 radical (unpaired) electrons. The van der Waals surface area contributed by atoms with Gasteiger partial charge in [-0.1, -0.05) is 19.8 Å². The number of nitrogens with zero attached hydrogens (tertiary/aromatic N) is 3. The fourth-order valence-electron chi connectivity index (χ4n) is 3.81. The van der Waals surface area contributed by atoms with E-state index in [0.717, 1.165) is 37.9 Å². The zero-order valence-electron chi connectivity index (χ0n) is 14.4. The Kier molecular flexibility index (Phi) is 4.99. The highest BCUT2D eigenvalue weighted by Gasteiger charge is 2.52. The second kappa shape index (κ2) is 7.01. The minimum Gasteiger partial charge on any atom is -0.330 e. The third-order valence-electron chi connectivity index (χ3n) is 5.09. The highest BCUT2D eigenvalue weighted by molar-refractivity contribution is 6.48. The van der Waals surface area contributed by atoms with Crippen molar-refractivity contribution in [3.05, 3.63) is 0 Å². The molecule has 2 fully saturated rings. The zero-order chi connectivity index (χ0) is 17.2. The lowest BCUT2D eigenvalue weighted by Crippen LogP contribution is -2.66. The van der Waals surface area contributed by atoms with E-state index in [1.54, 1.807) is 0 Å². The molecule has 0 spiro atoms. The molecule has 1 saturated carbocycles. The van der Waals surface area contributed by atoms with Crippen LogP contribution in [0.25, 0.3) is 0 Å². The van der Waals surface area contributed by atoms with E-state index in [4.69, 9.17) is 10.7 Å². The standard InChI is InChI=1S/C17H27N5O2/c1-2-11-22-15(23)13-17(21-16(22)24,9-5-6-10-18)20-14(19-13)12-7-3-4-8-12/h12H,2-11,18H2,1H3,(H,21,24). The third kappa shape index (κ3) is 2.97. The number of hydrogen-bond acceptors (Lipinski definition) is 5. The van der Waals surface area contributed by atoms with Crippen molar-refractivity contribution in [2.24, 2.45) is 21.6 Å². The van der Waals surface area contributed by atoms with Gasteiger partial charge in [-0.2, -0.15) is 0 Å². The molecule has 2 heterocycles. The molecule has 0 aromatic heterocycles. The van der Waals surface area contributed by atoms with Gasteiger partial charge in [-0.15, -0.1) is 0 Å². The number of rotatable bonds is 7. The molecule has 1 atom stereocenters. The van der Waals surface area contributed by atoms with E-state index in [-0.39, 0.29) is 11.9 Å². The van der Waals surface area contributed by atoms with Crippen LogP contribution in [0.4, 0.5) is 4.79 Å². The van der Waals surface area contributed by atoms with Crippen LogP contribution in [0, 0.1) is 5.92 Å². The Bertz CT molecular complexity index is 580. The van der Waals surface area contributed by atoms with Crippen molar-refractivity contribution in [1.82, 2.24) is 10.2 Å². The molecule has 3 rings (SSSR count). The second-order valence-electron chi connectivity index (χ2n) is 6.90. The molecule has 1 aliphatic carbocycles. The number of carbonyl (C=O) groups is 2. The average Bonchev–Trinajstić information content (AvgIpc) is 3.19. The SMILES string of the molecule is CCCN1C(=O)NC2(CCCCN)N=C(C3CCCC3)N=C2C1=O. The number of unbranched alkanes of at least 4 members (excludes halogenated alkanes) is 1. The summed E-state index contributed by atoms with van der Waals surface area (Å²) in [6, 6.07) is -0.357. The average molecular weight is 333 g/mol. The van der Waals surface area contributed by atoms with Crippen molar-refractivity contribution in [3.8, 4) is 0 Å². The number of imide groups is 1. The van der Waals surface area contributed by atoms with Gasteiger partial charge in [-0.3, -0.25) is 9.69 Å². The van der Waals surface area contributed by atoms with Gasteiger partial charge in [0, 0.05) is 12.5 Å². The number of amides is 3. The van der Waals surface area contributed by atoms with Gasteiger partial charge in [0.2, 0.25) is 0 Å². The number of urea groups is 1. The summed E-state index contributed by atoms with van der Waals surface area (Å²) in [4.78, 5) is 36.0. The molecule has 7 heteroatoms. The van der Waals surface area contributed by atoms with Crippen molar-refractivity contribution >= 4 is 23.5 Å². The molecule has 7 nitrogen and oxygen atoms in total. The van der Waals surface area contributed by atoms with Crippen LogP contribution in [0.5, 0.6) is 0 Å². The molecule has 0 aromatic carbocycles. The molecule has 132 valence electrons. The van der Waals surface area contributed by atoms with E-state index in [0.29, 0.717) is 31.1 Å². The van der Waals surface area contributed by atoms with Gasteiger partial charge in [-0.05, 0) is 45.1 Å². The van der Waals surface area contributed by atoms with Crippen LogP contribution < -0.4 is 11.1 Å². The third-order valence-corrected chi connectivity index (χ3v) is 5.09. The largest absolute Gasteiger partial charge is 0.330 e. The molecule has 1 unspecified atom stereocenters. The summed E-state index contributed by atoms with van der Waals surface area (Å²) in [5.74, 6) is 0.783. The number of hydrogen-bond donors (Lipinski definition) is 2. The van der Waals surface area contributed by atoms with E-state index < -0.39 is 5.66 Å². The number of nitrogens with one attached hydrogen (secondary N) is 1. The van der Waals surface area contributed by atoms with Crippen molar-refractivity contribution in [1.29, 1.82) is 0 Å². The number of carbonyl (C=O) groups excluding carboxylic acids is 2. The first kappa shape index (κ1) is 17.1. The lowest BCUT2D eigenvalue weighted by molar-refractivity contribution is -0.122. The maximum Gasteiger partial charge on any atom is 0.326 e. The molecule has 3 amide bonds. The van der Waals surface area contributed by atoms with Gasteiger partial charge in [0.05, 0.1) is 0 Å². The number of fused-ring (bicyclic) bond motifs is 1. The van der Waals surface area contributed by atoms with Crippen molar-refractivity contribution in [2.75, 3.05) is 13.1 Å². The summed E-state index contributed by atoms with van der Waals surface area (Å²) in [6.45, 7) is 2.94. The minimum absolute atomic E-state index is 0.287. The molecular weight excluding hydrogens is 306 g/mol. The lowest BCUT2D eigenvalue weighted by Gasteiger charge is -2.37. The Morgan fingerprint density at radius 3 is 2.71 bits per heavy atom. The van der Waals surface area contributed by atoms with Gasteiger partial charge < -0.3 is 11.1 Å². The van der Waals surface area contributed by atoms with E-state index in [1.165, 1.54) is 17.7 Å². The van der Waals surface area contributed by atoms with Gasteiger partial charge in [0.25, 0.3) is 5.91 Å². The first-order valence-corrected chi connectivity index (χ1v) is 9.14. The first-order valence-electron chi connectivity index (χ1n) is 9.14. The molecular formula is C17H27N5O2. The maximum atomic E-state index is 12.8. The van der Waals surface area contributed by atoms with Crippen molar-refractivity contribution in [2.45, 2.75) is 64.0 Å². The van der Waals surface area contributed by atoms with Crippen molar-refractivity contribution < 1.29 is 9.59 Å². The summed E-state index contributed by atoms with van der Waals surface area (Å²) in [7, 11) is 0. The molecule has 0 aromatic rings. The predicted molar refractivity (Wildman–Crippen MR) is 93.0 cm³/mol. The summed E-state index contributed by atoms with van der Waals surface area (Å²) in [5, 5.41) is 2.98. The first-order chi connectivity index (χ1) is 11.6. The summed E-state index contributed by atoms with van der Waals surface area (Å²) < 4.78 is 0. The molecule has 0 bridgehead atoms. The molecule has 3 aliphatic rings. The number of nitrogens with two attached hydrogens (primary N) is 1. The van der Waals surface area contributed by atoms with Crippen LogP contribution in [-0.4, -0.2) is 47.1 Å². The lowest BCUT2D eigenvalue weighted by atomic mass is 9.94. The van der Waals surface area contributed by atoms with E-state index in [2.05, 4.69) is 10.3 Å². The smallest absolute Gasteiger partial charge is 0.326 e. The Morgan fingerprint density at radius 1 is 1.29 bits per heavy atom. The zero-order valence-corrected chi connectivity index (χ0v) is 14.4. The maximum absolute atomic E-state index is 12.8. The minimum atomic E-state index is -0.967. The van der Waals surface area contributed by atoms with Gasteiger partial charge in [0.1, 0.15) is 5.84 Å². The summed E-state index contributed by atoms with van der Waals surface area (Å²) >= 11 is 0. The Labute approximate surface area is 142 Å². The predicted octanol–water partition coefficient (Wildman–Crippen LogP) is 1.82. The van der Waals surface area contributed by atoms with Gasteiger partial charge in [-0.25, -0.2) is 14.8 Å². The Morgan fingerprint density at radius 2 is 2.04 bits per heavy atom. The van der Waals surface area contributed by atoms with E-state index in [1.807, 2.05) is 6.92 Å². The highest BCUT2D eigenvalue weighted by Crippen LogP contribution is 2.34. The van der Waals surface area contributed by atoms with Crippen LogP contribution in [0.3, 0.4) is 0 Å². The monoisotopic (exact) mass is 333 g/mol. The van der Waals surface area contributed by atoms with Gasteiger partial charge >= 0.3 is 6.03 Å². The summed E-state index contributed by atoms with van der Waals surface area (Å²) in [5.41, 5.74) is 5.02. The molecule has 3 N–H and O–H groups in total. The van der Waals surface area contributed by atoms with Crippen LogP contribution in [-0.2, 0) is 4.79 Å². The van der Waals surface area contributed by atoms with Crippen LogP contribution in [0.2, 0.25) is 0 Å². The number of aliphatic imine (C=N–C) groups is 2. The van der Waals surface area contributed by atoms with E-state index >= 15 is 0 Å². The normalized spacial score (nSPS) is 27.2. The quantitative estimate of drug-likeness (QED) is 0.695.